The van der Waals surface area contributed by atoms with E-state index in [9.17, 15) is 4.79 Å². The average molecular weight is 404 g/mol. The van der Waals surface area contributed by atoms with Crippen LogP contribution in [0, 0.1) is 0 Å². The van der Waals surface area contributed by atoms with E-state index in [1.165, 1.54) is 11.8 Å². The second-order valence-corrected chi connectivity index (χ2v) is 7.73. The molecule has 2 N–H and O–H groups in total. The molecule has 2 heterocycles. The Labute approximate surface area is 172 Å². The van der Waals surface area contributed by atoms with Crippen LogP contribution in [0.4, 0.5) is 11.5 Å². The lowest BCUT2D eigenvalue weighted by molar-refractivity contribution is -0.120. The van der Waals surface area contributed by atoms with Crippen molar-refractivity contribution in [3.05, 3.63) is 78.8 Å². The van der Waals surface area contributed by atoms with Gasteiger partial charge in [0.05, 0.1) is 23.6 Å². The first-order valence-corrected chi connectivity index (χ1v) is 10.1. The Bertz CT molecular complexity index is 1100. The van der Waals surface area contributed by atoms with E-state index in [1.807, 2.05) is 67.6 Å². The molecule has 1 amide bonds. The number of aromatic nitrogens is 2. The maximum atomic E-state index is 12.4. The molecule has 0 bridgehead atoms. The second-order valence-electron chi connectivity index (χ2n) is 6.42. The molecule has 7 heteroatoms. The molecule has 6 nitrogen and oxygen atoms in total. The Morgan fingerprint density at radius 2 is 1.83 bits per heavy atom. The molecule has 0 fully saturated rings. The van der Waals surface area contributed by atoms with Crippen molar-refractivity contribution in [1.29, 1.82) is 0 Å². The molecular weight excluding hydrogens is 384 g/mol. The highest BCUT2D eigenvalue weighted by atomic mass is 32.2. The van der Waals surface area contributed by atoms with Gasteiger partial charge in [0.25, 0.3) is 0 Å². The van der Waals surface area contributed by atoms with Crippen molar-refractivity contribution in [3.63, 3.8) is 0 Å². The van der Waals surface area contributed by atoms with Crippen LogP contribution in [0.15, 0.2) is 82.6 Å². The van der Waals surface area contributed by atoms with Crippen molar-refractivity contribution in [2.24, 2.45) is 0 Å². The molecule has 0 saturated carbocycles. The number of benzene rings is 2. The van der Waals surface area contributed by atoms with Gasteiger partial charge in [-0.1, -0.05) is 42.1 Å². The smallest absolute Gasteiger partial charge is 0.233 e. The highest BCUT2D eigenvalue weighted by molar-refractivity contribution is 8.00. The number of para-hydroxylation sites is 2. The van der Waals surface area contributed by atoms with Gasteiger partial charge >= 0.3 is 0 Å². The Morgan fingerprint density at radius 3 is 2.62 bits per heavy atom. The first-order chi connectivity index (χ1) is 14.2. The number of nitrogens with one attached hydrogen (secondary N) is 2. The summed E-state index contributed by atoms with van der Waals surface area (Å²) in [5, 5.41) is 7.35. The zero-order valence-electron chi connectivity index (χ0n) is 15.8. The zero-order valence-corrected chi connectivity index (χ0v) is 16.6. The fourth-order valence-corrected chi connectivity index (χ4v) is 3.61. The molecular formula is C22H20N4O2S. The van der Waals surface area contributed by atoms with Gasteiger partial charge in [0, 0.05) is 11.1 Å². The van der Waals surface area contributed by atoms with Gasteiger partial charge in [-0.3, -0.25) is 4.79 Å². The van der Waals surface area contributed by atoms with Crippen molar-refractivity contribution >= 4 is 40.1 Å². The molecule has 0 aliphatic rings. The Morgan fingerprint density at radius 1 is 1.03 bits per heavy atom. The summed E-state index contributed by atoms with van der Waals surface area (Å²) in [6.07, 6.45) is 1.59. The standard InChI is InChI=1S/C22H20N4O2S/c1-15(21(27)23-14-17-10-7-13-28-17)29-22-25-19-12-6-5-11-18(19)20(26-22)24-16-8-3-2-4-9-16/h2-13,15H,14H2,1H3,(H,23,27)(H,24,25,26)/t15-/m0/s1. The van der Waals surface area contributed by atoms with Gasteiger partial charge in [-0.15, -0.1) is 0 Å². The Balaban J connectivity index is 1.53. The minimum atomic E-state index is -0.351. The highest BCUT2D eigenvalue weighted by Crippen LogP contribution is 2.28. The van der Waals surface area contributed by atoms with Crippen molar-refractivity contribution in [3.8, 4) is 0 Å². The van der Waals surface area contributed by atoms with Crippen LogP contribution in [0.1, 0.15) is 12.7 Å². The summed E-state index contributed by atoms with van der Waals surface area (Å²) in [7, 11) is 0. The fourth-order valence-electron chi connectivity index (χ4n) is 2.80. The van der Waals surface area contributed by atoms with Crippen LogP contribution in [0.2, 0.25) is 0 Å². The van der Waals surface area contributed by atoms with Gasteiger partial charge in [-0.2, -0.15) is 0 Å². The average Bonchev–Trinajstić information content (AvgIpc) is 3.26. The molecule has 2 aromatic carbocycles. The van der Waals surface area contributed by atoms with Crippen LogP contribution < -0.4 is 10.6 Å². The number of thioether (sulfide) groups is 1. The van der Waals surface area contributed by atoms with Crippen LogP contribution >= 0.6 is 11.8 Å². The van der Waals surface area contributed by atoms with E-state index in [0.717, 1.165) is 16.6 Å². The van der Waals surface area contributed by atoms with Gasteiger partial charge < -0.3 is 15.1 Å². The van der Waals surface area contributed by atoms with Crippen LogP contribution in [0.25, 0.3) is 10.9 Å². The first-order valence-electron chi connectivity index (χ1n) is 9.24. The molecule has 0 spiro atoms. The number of amides is 1. The minimum absolute atomic E-state index is 0.0965. The Kier molecular flexibility index (Phi) is 5.76. The quantitative estimate of drug-likeness (QED) is 0.341. The maximum Gasteiger partial charge on any atom is 0.233 e. The SMILES string of the molecule is C[C@H](Sc1nc(Nc2ccccc2)c2ccccc2n1)C(=O)NCc1ccco1. The minimum Gasteiger partial charge on any atom is -0.467 e. The third kappa shape index (κ3) is 4.75. The van der Waals surface area contributed by atoms with Gasteiger partial charge in [0.15, 0.2) is 5.16 Å². The number of nitrogens with zero attached hydrogens (tertiary/aromatic N) is 2. The lowest BCUT2D eigenvalue weighted by Gasteiger charge is -2.13. The van der Waals surface area contributed by atoms with E-state index in [2.05, 4.69) is 20.6 Å². The van der Waals surface area contributed by atoms with E-state index in [4.69, 9.17) is 4.42 Å². The van der Waals surface area contributed by atoms with Gasteiger partial charge in [-0.05, 0) is 43.3 Å². The molecule has 0 radical (unpaired) electrons. The number of anilines is 2. The molecule has 0 aliphatic carbocycles. The topological polar surface area (TPSA) is 80.0 Å². The summed E-state index contributed by atoms with van der Waals surface area (Å²) in [5.41, 5.74) is 1.77. The molecule has 146 valence electrons. The van der Waals surface area contributed by atoms with E-state index >= 15 is 0 Å². The van der Waals surface area contributed by atoms with E-state index in [0.29, 0.717) is 23.3 Å². The van der Waals surface area contributed by atoms with E-state index in [-0.39, 0.29) is 11.2 Å². The summed E-state index contributed by atoms with van der Waals surface area (Å²) in [6, 6.07) is 21.3. The molecule has 4 aromatic rings. The molecule has 2 aromatic heterocycles. The summed E-state index contributed by atoms with van der Waals surface area (Å²) >= 11 is 1.32. The largest absolute Gasteiger partial charge is 0.467 e. The first kappa shape index (κ1) is 19.0. The number of furan rings is 1. The number of fused-ring (bicyclic) bond motifs is 1. The lowest BCUT2D eigenvalue weighted by Crippen LogP contribution is -2.30. The predicted molar refractivity (Wildman–Crippen MR) is 115 cm³/mol. The van der Waals surface area contributed by atoms with Gasteiger partial charge in [0.1, 0.15) is 11.6 Å². The van der Waals surface area contributed by atoms with Crippen LogP contribution in [0.3, 0.4) is 0 Å². The predicted octanol–water partition coefficient (Wildman–Crippen LogP) is 4.76. The number of hydrogen-bond acceptors (Lipinski definition) is 6. The van der Waals surface area contributed by atoms with Crippen molar-refractivity contribution in [2.75, 3.05) is 5.32 Å². The summed E-state index contributed by atoms with van der Waals surface area (Å²) < 4.78 is 5.25. The zero-order chi connectivity index (χ0) is 20.1. The van der Waals surface area contributed by atoms with Crippen molar-refractivity contribution in [1.82, 2.24) is 15.3 Å². The molecule has 0 saturated heterocycles. The molecule has 1 atom stereocenters. The number of carbonyl (C=O) groups is 1. The van der Waals surface area contributed by atoms with Gasteiger partial charge in [-0.25, -0.2) is 9.97 Å². The van der Waals surface area contributed by atoms with E-state index in [1.54, 1.807) is 12.3 Å². The molecule has 0 unspecified atom stereocenters. The monoisotopic (exact) mass is 404 g/mol. The van der Waals surface area contributed by atoms with Gasteiger partial charge in [0.2, 0.25) is 5.91 Å². The number of hydrogen-bond donors (Lipinski definition) is 2. The van der Waals surface area contributed by atoms with Crippen molar-refractivity contribution < 1.29 is 9.21 Å². The summed E-state index contributed by atoms with van der Waals surface area (Å²) in [4.78, 5) is 21.7. The van der Waals surface area contributed by atoms with Crippen molar-refractivity contribution in [2.45, 2.75) is 23.9 Å². The van der Waals surface area contributed by atoms with E-state index < -0.39 is 0 Å². The summed E-state index contributed by atoms with van der Waals surface area (Å²) in [5.74, 6) is 1.33. The summed E-state index contributed by atoms with van der Waals surface area (Å²) in [6.45, 7) is 2.20. The normalized spacial score (nSPS) is 11.9. The van der Waals surface area contributed by atoms with Crippen LogP contribution in [-0.4, -0.2) is 21.1 Å². The molecule has 4 rings (SSSR count). The van der Waals surface area contributed by atoms with Crippen LogP contribution in [0.5, 0.6) is 0 Å². The van der Waals surface area contributed by atoms with Crippen LogP contribution in [-0.2, 0) is 11.3 Å². The highest BCUT2D eigenvalue weighted by Gasteiger charge is 2.18. The molecule has 29 heavy (non-hydrogen) atoms. The second kappa shape index (κ2) is 8.79. The molecule has 0 aliphatic heterocycles. The number of rotatable bonds is 7. The lowest BCUT2D eigenvalue weighted by atomic mass is 10.2. The third-order valence-corrected chi connectivity index (χ3v) is 5.25. The third-order valence-electron chi connectivity index (χ3n) is 4.29. The fraction of sp³-hybridized carbons (Fsp3) is 0.136. The number of carbonyl (C=O) groups excluding carboxylic acids is 1. The maximum absolute atomic E-state index is 12.4. The Hall–Kier alpha value is -3.32.